The smallest absolute Gasteiger partial charge is 0.325 e. The van der Waals surface area contributed by atoms with Crippen molar-refractivity contribution in [2.75, 3.05) is 19.6 Å². The lowest BCUT2D eigenvalue weighted by Gasteiger charge is -2.33. The van der Waals surface area contributed by atoms with E-state index in [0.717, 1.165) is 10.5 Å². The number of rotatable bonds is 4. The molecule has 124 valence electrons. The van der Waals surface area contributed by atoms with Gasteiger partial charge >= 0.3 is 17.8 Å². The highest BCUT2D eigenvalue weighted by molar-refractivity contribution is 6.38. The van der Waals surface area contributed by atoms with Crippen LogP contribution in [0.15, 0.2) is 30.3 Å². The van der Waals surface area contributed by atoms with Crippen LogP contribution in [0.2, 0.25) is 0 Å². The maximum absolute atomic E-state index is 12.5. The summed E-state index contributed by atoms with van der Waals surface area (Å²) >= 11 is 0. The van der Waals surface area contributed by atoms with Gasteiger partial charge in [-0.05, 0) is 18.4 Å². The van der Waals surface area contributed by atoms with Gasteiger partial charge in [0.25, 0.3) is 0 Å². The molecular formula is C17H23N3O3. The first-order chi connectivity index (χ1) is 11.0. The van der Waals surface area contributed by atoms with Gasteiger partial charge in [-0.15, -0.1) is 0 Å². The lowest BCUT2D eigenvalue weighted by atomic mass is 9.96. The molecule has 1 aliphatic heterocycles. The maximum Gasteiger partial charge on any atom is 0.325 e. The van der Waals surface area contributed by atoms with Crippen LogP contribution in [-0.2, 0) is 9.59 Å². The number of imide groups is 1. The van der Waals surface area contributed by atoms with Crippen molar-refractivity contribution in [1.29, 1.82) is 0 Å². The Morgan fingerprint density at radius 3 is 2.35 bits per heavy atom. The lowest BCUT2D eigenvalue weighted by Crippen LogP contribution is -2.58. The average molecular weight is 317 g/mol. The molecule has 0 spiro atoms. The third kappa shape index (κ3) is 3.70. The van der Waals surface area contributed by atoms with Crippen molar-refractivity contribution >= 4 is 17.8 Å². The largest absolute Gasteiger partial charge is 0.333 e. The van der Waals surface area contributed by atoms with E-state index in [2.05, 4.69) is 5.32 Å². The number of urea groups is 1. The van der Waals surface area contributed by atoms with Crippen LogP contribution in [0.5, 0.6) is 0 Å². The molecule has 1 aromatic rings. The maximum atomic E-state index is 12.5. The van der Waals surface area contributed by atoms with Crippen molar-refractivity contribution < 1.29 is 14.4 Å². The first kappa shape index (κ1) is 17.0. The number of carbonyl (C=O) groups excluding carboxylic acids is 3. The summed E-state index contributed by atoms with van der Waals surface area (Å²) in [6.07, 6.45) is 0. The Kier molecular flexibility index (Phi) is 5.36. The van der Waals surface area contributed by atoms with E-state index in [0.29, 0.717) is 13.1 Å². The van der Waals surface area contributed by atoms with Crippen LogP contribution in [0.1, 0.15) is 32.4 Å². The fourth-order valence-corrected chi connectivity index (χ4v) is 2.68. The highest BCUT2D eigenvalue weighted by Crippen LogP contribution is 2.22. The Hall–Kier alpha value is -2.37. The molecule has 0 aromatic heterocycles. The molecular weight excluding hydrogens is 294 g/mol. The van der Waals surface area contributed by atoms with E-state index in [4.69, 9.17) is 0 Å². The van der Waals surface area contributed by atoms with Crippen molar-refractivity contribution in [2.45, 2.75) is 26.8 Å². The first-order valence-electron chi connectivity index (χ1n) is 7.92. The zero-order chi connectivity index (χ0) is 17.0. The normalized spacial score (nSPS) is 16.7. The van der Waals surface area contributed by atoms with Crippen LogP contribution in [0.4, 0.5) is 4.79 Å². The van der Waals surface area contributed by atoms with Gasteiger partial charge in [-0.25, -0.2) is 4.79 Å². The Labute approximate surface area is 136 Å². The van der Waals surface area contributed by atoms with Crippen molar-refractivity contribution in [3.8, 4) is 0 Å². The quantitative estimate of drug-likeness (QED) is 0.861. The van der Waals surface area contributed by atoms with E-state index in [1.807, 2.05) is 51.1 Å². The minimum atomic E-state index is -0.758. The summed E-state index contributed by atoms with van der Waals surface area (Å²) in [6.45, 7) is 6.89. The average Bonchev–Trinajstić information content (AvgIpc) is 2.55. The molecule has 4 amide bonds. The number of hydrogen-bond donors (Lipinski definition) is 1. The summed E-state index contributed by atoms with van der Waals surface area (Å²) in [5.74, 6) is -1.22. The second-order valence-electron chi connectivity index (χ2n) is 5.92. The Balaban J connectivity index is 2.11. The van der Waals surface area contributed by atoms with Crippen molar-refractivity contribution in [3.63, 3.8) is 0 Å². The minimum Gasteiger partial charge on any atom is -0.333 e. The van der Waals surface area contributed by atoms with E-state index in [1.165, 1.54) is 4.90 Å². The van der Waals surface area contributed by atoms with Gasteiger partial charge in [0.05, 0.1) is 6.04 Å². The number of piperazine rings is 1. The molecule has 1 aliphatic rings. The van der Waals surface area contributed by atoms with Crippen LogP contribution in [0.25, 0.3) is 0 Å². The predicted molar refractivity (Wildman–Crippen MR) is 86.5 cm³/mol. The van der Waals surface area contributed by atoms with Crippen molar-refractivity contribution in [1.82, 2.24) is 15.1 Å². The number of likely N-dealkylation sites (N-methyl/N-ethyl adjacent to an activating group) is 1. The number of nitrogens with one attached hydrogen (secondary N) is 1. The van der Waals surface area contributed by atoms with E-state index in [-0.39, 0.29) is 18.5 Å². The molecule has 1 saturated heterocycles. The summed E-state index contributed by atoms with van der Waals surface area (Å²) in [7, 11) is 0. The Morgan fingerprint density at radius 2 is 1.78 bits per heavy atom. The molecule has 0 aliphatic carbocycles. The molecule has 6 nitrogen and oxygen atoms in total. The highest BCUT2D eigenvalue weighted by Gasteiger charge is 2.36. The molecule has 1 N–H and O–H groups in total. The van der Waals surface area contributed by atoms with Gasteiger partial charge in [-0.2, -0.15) is 0 Å². The molecule has 0 radical (unpaired) electrons. The van der Waals surface area contributed by atoms with Gasteiger partial charge in [0.2, 0.25) is 0 Å². The number of benzene rings is 1. The second-order valence-corrected chi connectivity index (χ2v) is 5.92. The topological polar surface area (TPSA) is 69.7 Å². The molecule has 6 heteroatoms. The monoisotopic (exact) mass is 317 g/mol. The van der Waals surface area contributed by atoms with Gasteiger partial charge in [0.1, 0.15) is 0 Å². The molecule has 0 bridgehead atoms. The summed E-state index contributed by atoms with van der Waals surface area (Å²) < 4.78 is 0. The summed E-state index contributed by atoms with van der Waals surface area (Å²) in [6, 6.07) is 8.88. The summed E-state index contributed by atoms with van der Waals surface area (Å²) in [4.78, 5) is 38.9. The Bertz CT molecular complexity index is 586. The second kappa shape index (κ2) is 7.26. The molecule has 1 unspecified atom stereocenters. The van der Waals surface area contributed by atoms with Crippen LogP contribution in [0, 0.1) is 5.92 Å². The minimum absolute atomic E-state index is 0.157. The molecule has 2 rings (SSSR count). The van der Waals surface area contributed by atoms with Gasteiger partial charge in [0, 0.05) is 19.6 Å². The molecule has 1 heterocycles. The number of carbonyl (C=O) groups is 3. The van der Waals surface area contributed by atoms with E-state index in [1.54, 1.807) is 0 Å². The fraction of sp³-hybridized carbons (Fsp3) is 0.471. The molecule has 1 aromatic carbocycles. The zero-order valence-corrected chi connectivity index (χ0v) is 13.8. The van der Waals surface area contributed by atoms with E-state index >= 15 is 0 Å². The number of nitrogens with zero attached hydrogens (tertiary/aromatic N) is 2. The predicted octanol–water partition coefficient (Wildman–Crippen LogP) is 1.78. The highest BCUT2D eigenvalue weighted by atomic mass is 16.2. The van der Waals surface area contributed by atoms with Crippen LogP contribution in [-0.4, -0.2) is 47.3 Å². The van der Waals surface area contributed by atoms with Crippen molar-refractivity contribution in [2.24, 2.45) is 5.92 Å². The van der Waals surface area contributed by atoms with Crippen LogP contribution in [0.3, 0.4) is 0 Å². The van der Waals surface area contributed by atoms with Gasteiger partial charge < -0.3 is 10.2 Å². The summed E-state index contributed by atoms with van der Waals surface area (Å²) in [5.41, 5.74) is 0.974. The zero-order valence-electron chi connectivity index (χ0n) is 13.8. The van der Waals surface area contributed by atoms with E-state index in [9.17, 15) is 14.4 Å². The third-order valence-electron chi connectivity index (χ3n) is 4.04. The lowest BCUT2D eigenvalue weighted by molar-refractivity contribution is -0.153. The molecule has 0 saturated carbocycles. The molecule has 23 heavy (non-hydrogen) atoms. The van der Waals surface area contributed by atoms with Crippen molar-refractivity contribution in [3.05, 3.63) is 35.9 Å². The fourth-order valence-electron chi connectivity index (χ4n) is 2.68. The van der Waals surface area contributed by atoms with Gasteiger partial charge in [-0.3, -0.25) is 14.5 Å². The van der Waals surface area contributed by atoms with Gasteiger partial charge in [-0.1, -0.05) is 44.2 Å². The standard InChI is InChI=1S/C17H23N3O3/c1-4-19-10-11-20(16(22)15(19)21)17(23)18-14(12(2)3)13-8-6-5-7-9-13/h5-9,12,14H,4,10-11H2,1-3H3,(H,18,23). The molecule has 1 atom stereocenters. The van der Waals surface area contributed by atoms with Crippen LogP contribution >= 0.6 is 0 Å². The Morgan fingerprint density at radius 1 is 1.13 bits per heavy atom. The SMILES string of the molecule is CCN1CCN(C(=O)NC(c2ccccc2)C(C)C)C(=O)C1=O. The summed E-state index contributed by atoms with van der Waals surface area (Å²) in [5, 5.41) is 2.88. The number of amides is 4. The van der Waals surface area contributed by atoms with E-state index < -0.39 is 17.8 Å². The third-order valence-corrected chi connectivity index (χ3v) is 4.04. The molecule has 1 fully saturated rings. The first-order valence-corrected chi connectivity index (χ1v) is 7.92. The van der Waals surface area contributed by atoms with Crippen LogP contribution < -0.4 is 5.32 Å². The van der Waals surface area contributed by atoms with Gasteiger partial charge in [0.15, 0.2) is 0 Å². The number of hydrogen-bond acceptors (Lipinski definition) is 3.